The SMILES string of the molecule is O=C(O)c1c[nH]c2sc(Cl)cc2c1=O. The van der Waals surface area contributed by atoms with E-state index in [2.05, 4.69) is 4.98 Å². The van der Waals surface area contributed by atoms with Crippen LogP contribution in [0.5, 0.6) is 0 Å². The Morgan fingerprint density at radius 1 is 1.57 bits per heavy atom. The summed E-state index contributed by atoms with van der Waals surface area (Å²) in [7, 11) is 0. The van der Waals surface area contributed by atoms with Crippen LogP contribution in [0.3, 0.4) is 0 Å². The van der Waals surface area contributed by atoms with Crippen molar-refractivity contribution in [2.45, 2.75) is 0 Å². The molecule has 4 nitrogen and oxygen atoms in total. The average molecular weight is 230 g/mol. The number of pyridine rings is 1. The number of aromatic carboxylic acids is 1. The molecule has 2 N–H and O–H groups in total. The van der Waals surface area contributed by atoms with E-state index < -0.39 is 11.4 Å². The molecule has 0 aliphatic rings. The highest BCUT2D eigenvalue weighted by molar-refractivity contribution is 7.22. The van der Waals surface area contributed by atoms with Crippen LogP contribution in [0.1, 0.15) is 10.4 Å². The number of rotatable bonds is 1. The Morgan fingerprint density at radius 3 is 2.93 bits per heavy atom. The van der Waals surface area contributed by atoms with Crippen molar-refractivity contribution in [1.29, 1.82) is 0 Å². The van der Waals surface area contributed by atoms with Gasteiger partial charge in [0.15, 0.2) is 0 Å². The monoisotopic (exact) mass is 229 g/mol. The molecule has 0 bridgehead atoms. The molecule has 2 aromatic rings. The molecule has 0 saturated carbocycles. The molecule has 0 saturated heterocycles. The molecule has 72 valence electrons. The zero-order valence-corrected chi connectivity index (χ0v) is 8.28. The maximum atomic E-state index is 11.5. The molecular formula is C8H4ClNO3S. The Balaban J connectivity index is 2.88. The number of carbonyl (C=O) groups is 1. The van der Waals surface area contributed by atoms with E-state index in [4.69, 9.17) is 16.7 Å². The zero-order valence-electron chi connectivity index (χ0n) is 6.70. The van der Waals surface area contributed by atoms with Crippen LogP contribution in [0.2, 0.25) is 4.34 Å². The molecular weight excluding hydrogens is 226 g/mol. The Hall–Kier alpha value is -1.33. The molecule has 0 atom stereocenters. The van der Waals surface area contributed by atoms with Gasteiger partial charge in [-0.2, -0.15) is 0 Å². The second-order valence-corrected chi connectivity index (χ2v) is 4.31. The fourth-order valence-electron chi connectivity index (χ4n) is 1.14. The predicted molar refractivity (Wildman–Crippen MR) is 54.4 cm³/mol. The van der Waals surface area contributed by atoms with Crippen LogP contribution in [-0.2, 0) is 0 Å². The van der Waals surface area contributed by atoms with Crippen molar-refractivity contribution in [3.8, 4) is 0 Å². The number of hydrogen-bond donors (Lipinski definition) is 2. The van der Waals surface area contributed by atoms with Gasteiger partial charge in [0, 0.05) is 6.20 Å². The van der Waals surface area contributed by atoms with Crippen LogP contribution < -0.4 is 5.43 Å². The van der Waals surface area contributed by atoms with E-state index in [0.29, 0.717) is 14.6 Å². The third kappa shape index (κ3) is 1.30. The first-order valence-corrected chi connectivity index (χ1v) is 4.83. The highest BCUT2D eigenvalue weighted by Crippen LogP contribution is 2.25. The molecule has 14 heavy (non-hydrogen) atoms. The van der Waals surface area contributed by atoms with Crippen LogP contribution in [0.4, 0.5) is 0 Å². The van der Waals surface area contributed by atoms with Crippen LogP contribution in [0, 0.1) is 0 Å². The van der Waals surface area contributed by atoms with E-state index in [-0.39, 0.29) is 5.56 Å². The molecule has 0 fully saturated rings. The van der Waals surface area contributed by atoms with Crippen molar-refractivity contribution < 1.29 is 9.90 Å². The Labute approximate surface area is 86.8 Å². The first-order valence-electron chi connectivity index (χ1n) is 3.63. The number of carboxylic acid groups (broad SMARTS) is 1. The second-order valence-electron chi connectivity index (χ2n) is 2.63. The summed E-state index contributed by atoms with van der Waals surface area (Å²) in [6, 6.07) is 1.47. The van der Waals surface area contributed by atoms with Crippen LogP contribution in [-0.4, -0.2) is 16.1 Å². The Morgan fingerprint density at radius 2 is 2.29 bits per heavy atom. The summed E-state index contributed by atoms with van der Waals surface area (Å²) in [5.74, 6) is -1.24. The van der Waals surface area contributed by atoms with E-state index in [0.717, 1.165) is 0 Å². The number of fused-ring (bicyclic) bond motifs is 1. The number of halogens is 1. The highest BCUT2D eigenvalue weighted by Gasteiger charge is 2.12. The third-order valence-electron chi connectivity index (χ3n) is 1.77. The molecule has 0 aromatic carbocycles. The van der Waals surface area contributed by atoms with Gasteiger partial charge in [-0.3, -0.25) is 4.79 Å². The smallest absolute Gasteiger partial charge is 0.341 e. The van der Waals surface area contributed by atoms with Gasteiger partial charge in [0.2, 0.25) is 5.43 Å². The minimum absolute atomic E-state index is 0.271. The van der Waals surface area contributed by atoms with Crippen molar-refractivity contribution in [3.63, 3.8) is 0 Å². The van der Waals surface area contributed by atoms with Gasteiger partial charge in [0.05, 0.1) is 9.72 Å². The van der Waals surface area contributed by atoms with Crippen molar-refractivity contribution in [1.82, 2.24) is 4.98 Å². The number of nitrogens with one attached hydrogen (secondary N) is 1. The first-order chi connectivity index (χ1) is 6.59. The molecule has 2 aromatic heterocycles. The van der Waals surface area contributed by atoms with Crippen molar-refractivity contribution in [3.05, 3.63) is 32.4 Å². The van der Waals surface area contributed by atoms with Crippen molar-refractivity contribution >= 4 is 39.1 Å². The summed E-state index contributed by atoms with van der Waals surface area (Å²) in [5.41, 5.74) is -0.777. The summed E-state index contributed by atoms with van der Waals surface area (Å²) in [4.78, 5) is 25.5. The predicted octanol–water partition coefficient (Wildman–Crippen LogP) is 1.94. The molecule has 0 spiro atoms. The second kappa shape index (κ2) is 3.11. The van der Waals surface area contributed by atoms with Gasteiger partial charge in [-0.1, -0.05) is 11.6 Å². The number of H-pyrrole nitrogens is 1. The Bertz CT molecular complexity index is 571. The maximum Gasteiger partial charge on any atom is 0.341 e. The molecule has 0 aliphatic carbocycles. The van der Waals surface area contributed by atoms with E-state index in [1.54, 1.807) is 0 Å². The molecule has 0 aliphatic heterocycles. The number of carboxylic acids is 1. The van der Waals surface area contributed by atoms with Gasteiger partial charge < -0.3 is 10.1 Å². The largest absolute Gasteiger partial charge is 0.477 e. The lowest BCUT2D eigenvalue weighted by atomic mass is 10.2. The minimum atomic E-state index is -1.24. The summed E-state index contributed by atoms with van der Waals surface area (Å²) >= 11 is 6.90. The van der Waals surface area contributed by atoms with Gasteiger partial charge >= 0.3 is 5.97 Å². The van der Waals surface area contributed by atoms with Crippen LogP contribution in [0.25, 0.3) is 10.2 Å². The first kappa shape index (κ1) is 9.23. The Kier molecular flexibility index (Phi) is 2.05. The minimum Gasteiger partial charge on any atom is -0.477 e. The van der Waals surface area contributed by atoms with Crippen molar-refractivity contribution in [2.75, 3.05) is 0 Å². The molecule has 2 rings (SSSR count). The number of hydrogen-bond acceptors (Lipinski definition) is 3. The normalized spacial score (nSPS) is 10.6. The maximum absolute atomic E-state index is 11.5. The number of thiophene rings is 1. The van der Waals surface area contributed by atoms with Gasteiger partial charge in [-0.25, -0.2) is 4.79 Å². The van der Waals surface area contributed by atoms with Gasteiger partial charge in [-0.05, 0) is 6.07 Å². The lowest BCUT2D eigenvalue weighted by molar-refractivity contribution is 0.0695. The van der Waals surface area contributed by atoms with Crippen LogP contribution in [0.15, 0.2) is 17.1 Å². The van der Waals surface area contributed by atoms with E-state index in [9.17, 15) is 9.59 Å². The molecule has 2 heterocycles. The lowest BCUT2D eigenvalue weighted by Crippen LogP contribution is -2.14. The fraction of sp³-hybridized carbons (Fsp3) is 0. The third-order valence-corrected chi connectivity index (χ3v) is 2.96. The molecule has 0 unspecified atom stereocenters. The standard InChI is InChI=1S/C8H4ClNO3S/c9-5-1-3-6(11)4(8(12)13)2-10-7(3)14-5/h1-2H,(H,10,11)(H,12,13). The highest BCUT2D eigenvalue weighted by atomic mass is 35.5. The van der Waals surface area contributed by atoms with E-state index in [1.807, 2.05) is 0 Å². The van der Waals surface area contributed by atoms with Crippen LogP contribution >= 0.6 is 22.9 Å². The lowest BCUT2D eigenvalue weighted by Gasteiger charge is -1.92. The number of aromatic amines is 1. The molecule has 0 amide bonds. The summed E-state index contributed by atoms with van der Waals surface area (Å²) < 4.78 is 0.455. The number of aromatic nitrogens is 1. The van der Waals surface area contributed by atoms with E-state index in [1.165, 1.54) is 23.6 Å². The fourth-order valence-corrected chi connectivity index (χ4v) is 2.24. The zero-order chi connectivity index (χ0) is 10.3. The quantitative estimate of drug-likeness (QED) is 0.785. The molecule has 0 radical (unpaired) electrons. The van der Waals surface area contributed by atoms with E-state index >= 15 is 0 Å². The van der Waals surface area contributed by atoms with Gasteiger partial charge in [0.25, 0.3) is 0 Å². The summed E-state index contributed by atoms with van der Waals surface area (Å²) in [6.45, 7) is 0. The van der Waals surface area contributed by atoms with Gasteiger partial charge in [-0.15, -0.1) is 11.3 Å². The summed E-state index contributed by atoms with van der Waals surface area (Å²) in [5, 5.41) is 9.00. The average Bonchev–Trinajstić information content (AvgIpc) is 2.46. The van der Waals surface area contributed by atoms with Crippen molar-refractivity contribution in [2.24, 2.45) is 0 Å². The molecule has 6 heteroatoms. The van der Waals surface area contributed by atoms with Gasteiger partial charge in [0.1, 0.15) is 10.4 Å². The summed E-state index contributed by atoms with van der Waals surface area (Å²) in [6.07, 6.45) is 1.18. The topological polar surface area (TPSA) is 70.2 Å².